The second-order valence-corrected chi connectivity index (χ2v) is 11.4. The molecule has 4 aliphatic carbocycles. The molecule has 5 heteroatoms. The van der Waals surface area contributed by atoms with Crippen molar-refractivity contribution in [2.24, 2.45) is 39.7 Å². The molecule has 2 N–H and O–H groups in total. The van der Waals surface area contributed by atoms with Crippen molar-refractivity contribution in [1.29, 1.82) is 0 Å². The Morgan fingerprint density at radius 2 is 1.97 bits per heavy atom. The number of ketones is 1. The van der Waals surface area contributed by atoms with E-state index >= 15 is 0 Å². The zero-order chi connectivity index (χ0) is 20.4. The number of oxime groups is 1. The molecule has 5 fully saturated rings. The molecule has 162 valence electrons. The zero-order valence-corrected chi connectivity index (χ0v) is 18.4. The molecule has 5 aliphatic rings. The molecule has 0 amide bonds. The molecule has 5 rings (SSSR count). The lowest BCUT2D eigenvalue weighted by atomic mass is 9.41. The first kappa shape index (κ1) is 20.0. The second-order valence-electron chi connectivity index (χ2n) is 11.4. The van der Waals surface area contributed by atoms with Crippen molar-refractivity contribution < 1.29 is 14.7 Å². The molecule has 5 nitrogen and oxygen atoms in total. The Bertz CT molecular complexity index is 717. The number of fused-ring (bicyclic) bond motifs is 5. The minimum atomic E-state index is -0.696. The average molecular weight is 403 g/mol. The first-order valence-electron chi connectivity index (χ1n) is 11.9. The van der Waals surface area contributed by atoms with Gasteiger partial charge in [0.25, 0.3) is 0 Å². The highest BCUT2D eigenvalue weighted by molar-refractivity contribution is 5.87. The highest BCUT2D eigenvalue weighted by Gasteiger charge is 2.66. The van der Waals surface area contributed by atoms with E-state index in [1.54, 1.807) is 0 Å². The predicted octanol–water partition coefficient (Wildman–Crippen LogP) is 3.69. The molecule has 0 spiro atoms. The van der Waals surface area contributed by atoms with Crippen LogP contribution in [0.2, 0.25) is 0 Å². The van der Waals surface area contributed by atoms with Gasteiger partial charge in [0.1, 0.15) is 11.9 Å². The second kappa shape index (κ2) is 6.78. The summed E-state index contributed by atoms with van der Waals surface area (Å²) in [5.41, 5.74) is 0.161. The lowest BCUT2D eigenvalue weighted by Gasteiger charge is -2.64. The summed E-state index contributed by atoms with van der Waals surface area (Å²) >= 11 is 0. The minimum absolute atomic E-state index is 0.0783. The standard InChI is InChI=1S/C24H38N2O3/c1-15-12-24(28)13-16(26-29-17-8-11-25-14-17)6-10-23(24,3)19-7-9-22(2)18(21(15)19)4-5-20(22)27/h15,17-19,21,25,28H,4-14H2,1-3H3/t15?,17?,18-,19+,21-,22-,23+,24?/m0/s1. The summed E-state index contributed by atoms with van der Waals surface area (Å²) in [6, 6.07) is 0. The van der Waals surface area contributed by atoms with Gasteiger partial charge in [0, 0.05) is 36.6 Å². The summed E-state index contributed by atoms with van der Waals surface area (Å²) in [5, 5.41) is 19.8. The van der Waals surface area contributed by atoms with Gasteiger partial charge in [-0.25, -0.2) is 0 Å². The molecule has 3 unspecified atom stereocenters. The number of hydrogen-bond acceptors (Lipinski definition) is 5. The lowest BCUT2D eigenvalue weighted by Crippen LogP contribution is -2.64. The number of aliphatic hydroxyl groups is 1. The van der Waals surface area contributed by atoms with Crippen molar-refractivity contribution in [3.63, 3.8) is 0 Å². The summed E-state index contributed by atoms with van der Waals surface area (Å²) in [4.78, 5) is 18.5. The van der Waals surface area contributed by atoms with E-state index in [1.165, 1.54) is 0 Å². The van der Waals surface area contributed by atoms with E-state index in [-0.39, 0.29) is 16.9 Å². The first-order chi connectivity index (χ1) is 13.8. The number of carbonyl (C=O) groups is 1. The van der Waals surface area contributed by atoms with Crippen molar-refractivity contribution in [2.75, 3.05) is 13.1 Å². The maximum Gasteiger partial charge on any atom is 0.141 e. The average Bonchev–Trinajstić information content (AvgIpc) is 3.30. The van der Waals surface area contributed by atoms with Crippen LogP contribution >= 0.6 is 0 Å². The summed E-state index contributed by atoms with van der Waals surface area (Å²) < 4.78 is 0. The fourth-order valence-electron chi connectivity index (χ4n) is 8.22. The molecule has 1 aliphatic heterocycles. The molecule has 0 radical (unpaired) electrons. The Labute approximate surface area is 175 Å². The maximum atomic E-state index is 12.7. The van der Waals surface area contributed by atoms with Crippen molar-refractivity contribution in [3.05, 3.63) is 0 Å². The van der Waals surface area contributed by atoms with Crippen LogP contribution in [-0.4, -0.2) is 41.4 Å². The number of nitrogens with one attached hydrogen (secondary N) is 1. The minimum Gasteiger partial charge on any atom is -0.391 e. The van der Waals surface area contributed by atoms with Gasteiger partial charge in [-0.1, -0.05) is 25.9 Å². The van der Waals surface area contributed by atoms with E-state index in [9.17, 15) is 9.90 Å². The lowest BCUT2D eigenvalue weighted by molar-refractivity contribution is -0.206. The van der Waals surface area contributed by atoms with Gasteiger partial charge < -0.3 is 15.3 Å². The third-order valence-corrected chi connectivity index (χ3v) is 10.0. The third-order valence-electron chi connectivity index (χ3n) is 10.0. The normalized spacial score (nSPS) is 53.4. The molecular weight excluding hydrogens is 364 g/mol. The predicted molar refractivity (Wildman–Crippen MR) is 113 cm³/mol. The SMILES string of the molecule is CC1CC2(O)CC(=NOC3CCNC3)CC[C@]2(C)[C@@H]2CC[C@]3(C)C(=O)CC[C@H]3[C@H]12. The Kier molecular flexibility index (Phi) is 4.67. The van der Waals surface area contributed by atoms with Crippen molar-refractivity contribution in [1.82, 2.24) is 5.32 Å². The summed E-state index contributed by atoms with van der Waals surface area (Å²) in [6.45, 7) is 8.78. The fraction of sp³-hybridized carbons (Fsp3) is 0.917. The number of rotatable bonds is 2. The third kappa shape index (κ3) is 2.86. The van der Waals surface area contributed by atoms with Crippen LogP contribution in [0.4, 0.5) is 0 Å². The monoisotopic (exact) mass is 402 g/mol. The van der Waals surface area contributed by atoms with Gasteiger partial charge in [-0.15, -0.1) is 0 Å². The molecule has 1 heterocycles. The number of nitrogens with zero attached hydrogens (tertiary/aromatic N) is 1. The van der Waals surface area contributed by atoms with Crippen LogP contribution in [0.5, 0.6) is 0 Å². The first-order valence-corrected chi connectivity index (χ1v) is 11.9. The molecule has 4 saturated carbocycles. The molecular formula is C24H38N2O3. The highest BCUT2D eigenvalue weighted by atomic mass is 16.6. The van der Waals surface area contributed by atoms with Crippen LogP contribution in [-0.2, 0) is 9.63 Å². The number of hydrogen-bond donors (Lipinski definition) is 2. The van der Waals surface area contributed by atoms with Gasteiger partial charge in [-0.05, 0) is 68.7 Å². The van der Waals surface area contributed by atoms with Gasteiger partial charge in [0.05, 0.1) is 11.3 Å². The van der Waals surface area contributed by atoms with Crippen LogP contribution in [0.1, 0.15) is 78.6 Å². The van der Waals surface area contributed by atoms with Crippen LogP contribution in [0, 0.1) is 34.5 Å². The summed E-state index contributed by atoms with van der Waals surface area (Å²) in [6.07, 6.45) is 8.51. The van der Waals surface area contributed by atoms with Gasteiger partial charge in [0.2, 0.25) is 0 Å². The van der Waals surface area contributed by atoms with Gasteiger partial charge in [-0.2, -0.15) is 0 Å². The molecule has 8 atom stereocenters. The Morgan fingerprint density at radius 1 is 1.14 bits per heavy atom. The van der Waals surface area contributed by atoms with E-state index in [2.05, 4.69) is 31.2 Å². The Hall–Kier alpha value is -0.940. The topological polar surface area (TPSA) is 70.9 Å². The van der Waals surface area contributed by atoms with E-state index < -0.39 is 5.60 Å². The van der Waals surface area contributed by atoms with Crippen LogP contribution in [0.3, 0.4) is 0 Å². The van der Waals surface area contributed by atoms with Gasteiger partial charge in [-0.3, -0.25) is 4.79 Å². The number of Topliss-reactive ketones (excluding diaryl/α,β-unsaturated/α-hetero) is 1. The summed E-state index contributed by atoms with van der Waals surface area (Å²) in [5.74, 6) is 2.55. The Balaban J connectivity index is 1.39. The molecule has 1 saturated heterocycles. The maximum absolute atomic E-state index is 12.7. The van der Waals surface area contributed by atoms with Crippen molar-refractivity contribution >= 4 is 11.5 Å². The number of carbonyl (C=O) groups excluding carboxylic acids is 1. The zero-order valence-electron chi connectivity index (χ0n) is 18.4. The molecule has 0 aromatic carbocycles. The van der Waals surface area contributed by atoms with E-state index in [1.807, 2.05) is 0 Å². The molecule has 0 aromatic heterocycles. The van der Waals surface area contributed by atoms with Crippen LogP contribution in [0.15, 0.2) is 5.16 Å². The van der Waals surface area contributed by atoms with Crippen LogP contribution in [0.25, 0.3) is 0 Å². The van der Waals surface area contributed by atoms with E-state index in [4.69, 9.17) is 4.84 Å². The summed E-state index contributed by atoms with van der Waals surface area (Å²) in [7, 11) is 0. The van der Waals surface area contributed by atoms with E-state index in [0.717, 1.165) is 70.2 Å². The molecule has 0 bridgehead atoms. The van der Waals surface area contributed by atoms with Crippen molar-refractivity contribution in [2.45, 2.75) is 90.3 Å². The highest BCUT2D eigenvalue weighted by Crippen LogP contribution is 2.67. The molecule has 29 heavy (non-hydrogen) atoms. The Morgan fingerprint density at radius 3 is 2.72 bits per heavy atom. The fourth-order valence-corrected chi connectivity index (χ4v) is 8.22. The van der Waals surface area contributed by atoms with Gasteiger partial charge in [0.15, 0.2) is 0 Å². The largest absolute Gasteiger partial charge is 0.391 e. The van der Waals surface area contributed by atoms with Gasteiger partial charge >= 0.3 is 0 Å². The van der Waals surface area contributed by atoms with E-state index in [0.29, 0.717) is 35.9 Å². The van der Waals surface area contributed by atoms with Crippen molar-refractivity contribution in [3.8, 4) is 0 Å². The quantitative estimate of drug-likeness (QED) is 0.691. The smallest absolute Gasteiger partial charge is 0.141 e. The molecule has 0 aromatic rings. The van der Waals surface area contributed by atoms with Crippen LogP contribution < -0.4 is 5.32 Å².